The molecule has 0 aliphatic rings. The van der Waals surface area contributed by atoms with Crippen molar-refractivity contribution >= 4 is 51.1 Å². The zero-order valence-electron chi connectivity index (χ0n) is 13.6. The Kier molecular flexibility index (Phi) is 5.24. The van der Waals surface area contributed by atoms with Gasteiger partial charge in [-0.25, -0.2) is 0 Å². The normalized spacial score (nSPS) is 11.9. The Balaban J connectivity index is 1.55. The molecule has 0 N–H and O–H groups in total. The van der Waals surface area contributed by atoms with E-state index in [4.69, 9.17) is 0 Å². The molecule has 0 fully saturated rings. The van der Waals surface area contributed by atoms with Gasteiger partial charge in [-0.2, -0.15) is 4.99 Å². The molecule has 4 rings (SSSR count). The molecule has 2 heterocycles. The molecule has 2 aromatic carbocycles. The molecule has 0 atom stereocenters. The quantitative estimate of drug-likeness (QED) is 0.480. The van der Waals surface area contributed by atoms with Crippen molar-refractivity contribution in [1.29, 1.82) is 0 Å². The van der Waals surface area contributed by atoms with E-state index in [9.17, 15) is 4.79 Å². The minimum Gasteiger partial charge on any atom is -0.319 e. The Bertz CT molecular complexity index is 1090. The Labute approximate surface area is 162 Å². The summed E-state index contributed by atoms with van der Waals surface area (Å²) in [6.45, 7) is 0.681. The van der Waals surface area contributed by atoms with Crippen LogP contribution in [0.5, 0.6) is 0 Å². The molecular formula is C18H14N4OS3. The lowest BCUT2D eigenvalue weighted by atomic mass is 10.0. The van der Waals surface area contributed by atoms with E-state index in [1.807, 2.05) is 28.3 Å². The minimum absolute atomic E-state index is 0.167. The molecule has 8 heteroatoms. The van der Waals surface area contributed by atoms with E-state index >= 15 is 0 Å². The van der Waals surface area contributed by atoms with E-state index in [1.165, 1.54) is 50.8 Å². The largest absolute Gasteiger partial charge is 0.319 e. The predicted octanol–water partition coefficient (Wildman–Crippen LogP) is 3.82. The zero-order valence-corrected chi connectivity index (χ0v) is 16.1. The Morgan fingerprint density at radius 2 is 2.04 bits per heavy atom. The highest BCUT2D eigenvalue weighted by atomic mass is 32.2. The summed E-state index contributed by atoms with van der Waals surface area (Å²) in [6.07, 6.45) is 1.97. The predicted molar refractivity (Wildman–Crippen MR) is 107 cm³/mol. The minimum atomic E-state index is -0.167. The van der Waals surface area contributed by atoms with Crippen LogP contribution in [0.4, 0.5) is 0 Å². The lowest BCUT2D eigenvalue weighted by Gasteiger charge is -2.07. The standard InChI is InChI=1S/C18H14N4OS3/c23-16(11-25-18-21-19-12-26-18)20-17-22(8-9-24-17)10-14-6-3-5-13-4-1-2-7-15(13)14/h1-9,12H,10-11H2. The highest BCUT2D eigenvalue weighted by molar-refractivity contribution is 8.01. The van der Waals surface area contributed by atoms with Gasteiger partial charge in [0.15, 0.2) is 9.14 Å². The number of amides is 1. The van der Waals surface area contributed by atoms with Crippen LogP contribution in [-0.2, 0) is 11.3 Å². The van der Waals surface area contributed by atoms with Crippen molar-refractivity contribution in [2.24, 2.45) is 4.99 Å². The van der Waals surface area contributed by atoms with Crippen LogP contribution in [-0.4, -0.2) is 26.4 Å². The first-order chi connectivity index (χ1) is 12.8. The van der Waals surface area contributed by atoms with Crippen molar-refractivity contribution in [2.45, 2.75) is 10.9 Å². The SMILES string of the molecule is O=C(CSc1nncs1)N=c1sccn1Cc1cccc2ccccc12. The van der Waals surface area contributed by atoms with Gasteiger partial charge in [-0.05, 0) is 16.3 Å². The van der Waals surface area contributed by atoms with Gasteiger partial charge in [0.25, 0.3) is 5.91 Å². The molecule has 4 aromatic rings. The van der Waals surface area contributed by atoms with E-state index < -0.39 is 0 Å². The fourth-order valence-electron chi connectivity index (χ4n) is 2.61. The highest BCUT2D eigenvalue weighted by Crippen LogP contribution is 2.20. The van der Waals surface area contributed by atoms with Crippen molar-refractivity contribution < 1.29 is 4.79 Å². The number of hydrogen-bond donors (Lipinski definition) is 0. The maximum absolute atomic E-state index is 12.2. The van der Waals surface area contributed by atoms with Crippen molar-refractivity contribution in [3.63, 3.8) is 0 Å². The zero-order chi connectivity index (χ0) is 17.8. The Morgan fingerprint density at radius 1 is 1.15 bits per heavy atom. The average Bonchev–Trinajstić information content (AvgIpc) is 3.33. The van der Waals surface area contributed by atoms with E-state index in [2.05, 4.69) is 45.5 Å². The number of fused-ring (bicyclic) bond motifs is 1. The summed E-state index contributed by atoms with van der Waals surface area (Å²) >= 11 is 4.26. The number of carbonyl (C=O) groups is 1. The second-order valence-electron chi connectivity index (χ2n) is 5.45. The van der Waals surface area contributed by atoms with Gasteiger partial charge in [-0.1, -0.05) is 65.6 Å². The molecule has 0 aliphatic carbocycles. The lowest BCUT2D eigenvalue weighted by Crippen LogP contribution is -2.17. The van der Waals surface area contributed by atoms with Crippen LogP contribution < -0.4 is 4.80 Å². The van der Waals surface area contributed by atoms with E-state index in [0.29, 0.717) is 11.3 Å². The number of rotatable bonds is 5. The van der Waals surface area contributed by atoms with Crippen LogP contribution in [0.2, 0.25) is 0 Å². The van der Waals surface area contributed by atoms with Crippen molar-refractivity contribution in [3.05, 3.63) is 69.9 Å². The number of aromatic nitrogens is 3. The second kappa shape index (κ2) is 7.94. The molecule has 0 saturated carbocycles. The number of carbonyl (C=O) groups excluding carboxylic acids is 1. The molecular weight excluding hydrogens is 384 g/mol. The molecule has 0 saturated heterocycles. The van der Waals surface area contributed by atoms with Gasteiger partial charge in [0.1, 0.15) is 5.51 Å². The summed E-state index contributed by atoms with van der Waals surface area (Å²) in [5, 5.41) is 12.1. The third kappa shape index (κ3) is 3.92. The molecule has 0 spiro atoms. The van der Waals surface area contributed by atoms with Crippen LogP contribution in [0.1, 0.15) is 5.56 Å². The summed E-state index contributed by atoms with van der Waals surface area (Å²) in [5.41, 5.74) is 2.86. The van der Waals surface area contributed by atoms with E-state index in [-0.39, 0.29) is 11.7 Å². The fourth-order valence-corrected chi connectivity index (χ4v) is 4.63. The molecule has 130 valence electrons. The molecule has 0 unspecified atom stereocenters. The monoisotopic (exact) mass is 398 g/mol. The van der Waals surface area contributed by atoms with Crippen LogP contribution in [0.15, 0.2) is 68.9 Å². The summed E-state index contributed by atoms with van der Waals surface area (Å²) in [4.78, 5) is 17.2. The van der Waals surface area contributed by atoms with Crippen molar-refractivity contribution in [3.8, 4) is 0 Å². The van der Waals surface area contributed by atoms with Gasteiger partial charge in [0.05, 0.1) is 12.3 Å². The first-order valence-corrected chi connectivity index (χ1v) is 10.6. The van der Waals surface area contributed by atoms with Crippen molar-refractivity contribution in [2.75, 3.05) is 5.75 Å². The third-order valence-corrected chi connectivity index (χ3v) is 6.40. The van der Waals surface area contributed by atoms with Gasteiger partial charge in [-0.3, -0.25) is 4.79 Å². The summed E-state index contributed by atoms with van der Waals surface area (Å²) in [6, 6.07) is 14.6. The van der Waals surface area contributed by atoms with Gasteiger partial charge >= 0.3 is 0 Å². The molecule has 26 heavy (non-hydrogen) atoms. The van der Waals surface area contributed by atoms with Crippen LogP contribution >= 0.6 is 34.4 Å². The topological polar surface area (TPSA) is 60.1 Å². The summed E-state index contributed by atoms with van der Waals surface area (Å²) < 4.78 is 2.79. The van der Waals surface area contributed by atoms with Gasteiger partial charge in [0.2, 0.25) is 0 Å². The Morgan fingerprint density at radius 3 is 2.92 bits per heavy atom. The molecule has 2 aromatic heterocycles. The maximum atomic E-state index is 12.2. The van der Waals surface area contributed by atoms with Crippen LogP contribution in [0, 0.1) is 0 Å². The number of nitrogens with zero attached hydrogens (tertiary/aromatic N) is 4. The molecule has 0 aliphatic heterocycles. The molecule has 5 nitrogen and oxygen atoms in total. The fraction of sp³-hybridized carbons (Fsp3) is 0.111. The Hall–Kier alpha value is -2.29. The first kappa shape index (κ1) is 17.1. The second-order valence-corrected chi connectivity index (χ2v) is 8.38. The lowest BCUT2D eigenvalue weighted by molar-refractivity contribution is -0.115. The van der Waals surface area contributed by atoms with E-state index in [1.54, 1.807) is 5.51 Å². The van der Waals surface area contributed by atoms with Gasteiger partial charge < -0.3 is 4.57 Å². The van der Waals surface area contributed by atoms with E-state index in [0.717, 1.165) is 4.34 Å². The average molecular weight is 399 g/mol. The molecule has 0 bridgehead atoms. The highest BCUT2D eigenvalue weighted by Gasteiger charge is 2.06. The number of hydrogen-bond acceptors (Lipinski definition) is 6. The smallest absolute Gasteiger partial charge is 0.258 e. The van der Waals surface area contributed by atoms with Crippen molar-refractivity contribution in [1.82, 2.24) is 14.8 Å². The van der Waals surface area contributed by atoms with Crippen LogP contribution in [0.25, 0.3) is 10.8 Å². The molecule has 0 radical (unpaired) electrons. The number of thiazole rings is 1. The van der Waals surface area contributed by atoms with Gasteiger partial charge in [0, 0.05) is 11.6 Å². The first-order valence-electron chi connectivity index (χ1n) is 7.87. The van der Waals surface area contributed by atoms with Crippen LogP contribution in [0.3, 0.4) is 0 Å². The summed E-state index contributed by atoms with van der Waals surface area (Å²) in [7, 11) is 0. The maximum Gasteiger partial charge on any atom is 0.258 e. The third-order valence-electron chi connectivity index (χ3n) is 3.76. The van der Waals surface area contributed by atoms with Gasteiger partial charge in [-0.15, -0.1) is 21.5 Å². The summed E-state index contributed by atoms with van der Waals surface area (Å²) in [5.74, 6) is 0.0979. The number of benzene rings is 2. The number of thioether (sulfide) groups is 1. The molecule has 1 amide bonds.